The Kier molecular flexibility index (Phi) is 4.35. The number of nitrogens with two attached hydrogens (primary N) is 1. The average Bonchev–Trinajstić information content (AvgIpc) is 2.34. The van der Waals surface area contributed by atoms with Gasteiger partial charge in [0.25, 0.3) is 0 Å². The summed E-state index contributed by atoms with van der Waals surface area (Å²) in [5.41, 5.74) is 6.02. The molecule has 0 heterocycles. The number of hydrogen-bond acceptors (Lipinski definition) is 2. The van der Waals surface area contributed by atoms with Crippen LogP contribution >= 0.6 is 15.9 Å². The lowest BCUT2D eigenvalue weighted by atomic mass is 9.86. The van der Waals surface area contributed by atoms with Crippen LogP contribution in [0.25, 0.3) is 0 Å². The molecule has 2 rings (SSSR count). The van der Waals surface area contributed by atoms with Crippen LogP contribution in [0.2, 0.25) is 0 Å². The molecule has 18 heavy (non-hydrogen) atoms. The molecule has 0 aromatic heterocycles. The van der Waals surface area contributed by atoms with Crippen LogP contribution in [0, 0.1) is 11.7 Å². The molecule has 0 spiro atoms. The number of halogens is 2. The SMILES string of the molecule is NC1CCC(C(=O)Nc2c(F)cccc2Br)CC1. The monoisotopic (exact) mass is 314 g/mol. The van der Waals surface area contributed by atoms with Gasteiger partial charge in [-0.15, -0.1) is 0 Å². The topological polar surface area (TPSA) is 55.1 Å². The van der Waals surface area contributed by atoms with E-state index in [2.05, 4.69) is 21.2 Å². The molecule has 5 heteroatoms. The number of anilines is 1. The summed E-state index contributed by atoms with van der Waals surface area (Å²) in [5.74, 6) is -0.603. The number of hydrogen-bond donors (Lipinski definition) is 2. The highest BCUT2D eigenvalue weighted by Gasteiger charge is 2.25. The normalized spacial score (nSPS) is 23.7. The van der Waals surface area contributed by atoms with Gasteiger partial charge in [0.15, 0.2) is 0 Å². The van der Waals surface area contributed by atoms with Gasteiger partial charge in [0.05, 0.1) is 5.69 Å². The van der Waals surface area contributed by atoms with Crippen LogP contribution < -0.4 is 11.1 Å². The fraction of sp³-hybridized carbons (Fsp3) is 0.462. The van der Waals surface area contributed by atoms with E-state index < -0.39 is 5.82 Å². The molecule has 1 saturated carbocycles. The molecule has 0 saturated heterocycles. The molecule has 1 aliphatic carbocycles. The summed E-state index contributed by atoms with van der Waals surface area (Å²) in [7, 11) is 0. The molecule has 3 N–H and O–H groups in total. The summed E-state index contributed by atoms with van der Waals surface area (Å²) in [5, 5.41) is 2.66. The molecule has 1 aliphatic rings. The molecule has 98 valence electrons. The van der Waals surface area contributed by atoms with Crippen LogP contribution in [-0.4, -0.2) is 11.9 Å². The smallest absolute Gasteiger partial charge is 0.227 e. The number of rotatable bonds is 2. The Morgan fingerprint density at radius 3 is 2.61 bits per heavy atom. The van der Waals surface area contributed by atoms with E-state index in [4.69, 9.17) is 5.73 Å². The molecule has 0 atom stereocenters. The standard InChI is InChI=1S/C13H16BrFN2O/c14-10-2-1-3-11(15)12(10)17-13(18)8-4-6-9(16)7-5-8/h1-3,8-9H,4-7,16H2,(H,17,18). The van der Waals surface area contributed by atoms with E-state index in [-0.39, 0.29) is 23.6 Å². The van der Waals surface area contributed by atoms with Gasteiger partial charge < -0.3 is 11.1 Å². The maximum absolute atomic E-state index is 13.6. The number of benzene rings is 1. The second-order valence-electron chi connectivity index (χ2n) is 4.70. The zero-order valence-corrected chi connectivity index (χ0v) is 11.5. The van der Waals surface area contributed by atoms with Gasteiger partial charge in [-0.2, -0.15) is 0 Å². The minimum atomic E-state index is -0.426. The molecule has 0 unspecified atom stereocenters. The molecule has 0 aliphatic heterocycles. The molecule has 1 amide bonds. The first-order valence-corrected chi connectivity index (χ1v) is 6.87. The number of nitrogens with one attached hydrogen (secondary N) is 1. The minimum absolute atomic E-state index is 0.0590. The van der Waals surface area contributed by atoms with Crippen molar-refractivity contribution in [2.45, 2.75) is 31.7 Å². The summed E-state index contributed by atoms with van der Waals surface area (Å²) in [6.45, 7) is 0. The number of para-hydroxylation sites is 1. The van der Waals surface area contributed by atoms with Crippen LogP contribution in [0.4, 0.5) is 10.1 Å². The number of carbonyl (C=O) groups excluding carboxylic acids is 1. The Bertz CT molecular complexity index is 424. The largest absolute Gasteiger partial charge is 0.328 e. The van der Waals surface area contributed by atoms with Gasteiger partial charge in [-0.05, 0) is 53.7 Å². The van der Waals surface area contributed by atoms with Crippen LogP contribution in [0.3, 0.4) is 0 Å². The van der Waals surface area contributed by atoms with Gasteiger partial charge in [-0.1, -0.05) is 6.07 Å². The minimum Gasteiger partial charge on any atom is -0.328 e. The van der Waals surface area contributed by atoms with Crippen molar-refractivity contribution in [3.05, 3.63) is 28.5 Å². The summed E-state index contributed by atoms with van der Waals surface area (Å²) >= 11 is 3.23. The fourth-order valence-corrected chi connectivity index (χ4v) is 2.67. The van der Waals surface area contributed by atoms with Crippen LogP contribution in [-0.2, 0) is 4.79 Å². The zero-order valence-electron chi connectivity index (χ0n) is 9.96. The van der Waals surface area contributed by atoms with E-state index in [1.165, 1.54) is 6.07 Å². The Morgan fingerprint density at radius 2 is 2.00 bits per heavy atom. The highest BCUT2D eigenvalue weighted by molar-refractivity contribution is 9.10. The molecule has 0 radical (unpaired) electrons. The summed E-state index contributed by atoms with van der Waals surface area (Å²) in [6, 6.07) is 4.83. The lowest BCUT2D eigenvalue weighted by Gasteiger charge is -2.25. The predicted octanol–water partition coefficient (Wildman–Crippen LogP) is 3.04. The van der Waals surface area contributed by atoms with Gasteiger partial charge >= 0.3 is 0 Å². The Morgan fingerprint density at radius 1 is 1.33 bits per heavy atom. The lowest BCUT2D eigenvalue weighted by molar-refractivity contribution is -0.120. The first kappa shape index (κ1) is 13.5. The first-order valence-electron chi connectivity index (χ1n) is 6.08. The third-order valence-corrected chi connectivity index (χ3v) is 4.01. The average molecular weight is 315 g/mol. The van der Waals surface area contributed by atoms with E-state index in [9.17, 15) is 9.18 Å². The Labute approximate surface area is 114 Å². The molecule has 1 aromatic rings. The van der Waals surface area contributed by atoms with Gasteiger partial charge in [0.1, 0.15) is 5.82 Å². The van der Waals surface area contributed by atoms with Crippen molar-refractivity contribution in [3.8, 4) is 0 Å². The van der Waals surface area contributed by atoms with Gasteiger partial charge in [-0.3, -0.25) is 4.79 Å². The third-order valence-electron chi connectivity index (χ3n) is 3.35. The van der Waals surface area contributed by atoms with Gasteiger partial charge in [0, 0.05) is 16.4 Å². The molecular weight excluding hydrogens is 299 g/mol. The van der Waals surface area contributed by atoms with Crippen LogP contribution in [0.15, 0.2) is 22.7 Å². The second kappa shape index (κ2) is 5.80. The Hall–Kier alpha value is -0.940. The van der Waals surface area contributed by atoms with E-state index in [1.807, 2.05) is 0 Å². The quantitative estimate of drug-likeness (QED) is 0.881. The van der Waals surface area contributed by atoms with Crippen molar-refractivity contribution in [3.63, 3.8) is 0 Å². The highest BCUT2D eigenvalue weighted by atomic mass is 79.9. The van der Waals surface area contributed by atoms with E-state index >= 15 is 0 Å². The molecule has 0 bridgehead atoms. The third kappa shape index (κ3) is 3.09. The van der Waals surface area contributed by atoms with Crippen LogP contribution in [0.5, 0.6) is 0 Å². The highest BCUT2D eigenvalue weighted by Crippen LogP contribution is 2.28. The fourth-order valence-electron chi connectivity index (χ4n) is 2.22. The van der Waals surface area contributed by atoms with E-state index in [0.29, 0.717) is 4.47 Å². The maximum atomic E-state index is 13.6. The van der Waals surface area contributed by atoms with E-state index in [1.54, 1.807) is 12.1 Å². The van der Waals surface area contributed by atoms with Crippen molar-refractivity contribution in [2.75, 3.05) is 5.32 Å². The summed E-state index contributed by atoms with van der Waals surface area (Å²) < 4.78 is 14.1. The van der Waals surface area contributed by atoms with Crippen molar-refractivity contribution in [1.29, 1.82) is 0 Å². The summed E-state index contributed by atoms with van der Waals surface area (Å²) in [4.78, 5) is 12.0. The van der Waals surface area contributed by atoms with Crippen molar-refractivity contribution in [1.82, 2.24) is 0 Å². The van der Waals surface area contributed by atoms with Crippen LogP contribution in [0.1, 0.15) is 25.7 Å². The van der Waals surface area contributed by atoms with Gasteiger partial charge in [0.2, 0.25) is 5.91 Å². The molecular formula is C13H16BrFN2O. The lowest BCUT2D eigenvalue weighted by Crippen LogP contribution is -2.32. The number of carbonyl (C=O) groups is 1. The molecule has 3 nitrogen and oxygen atoms in total. The predicted molar refractivity (Wildman–Crippen MR) is 72.7 cm³/mol. The van der Waals surface area contributed by atoms with Crippen molar-refractivity contribution >= 4 is 27.5 Å². The second-order valence-corrected chi connectivity index (χ2v) is 5.55. The Balaban J connectivity index is 2.03. The van der Waals surface area contributed by atoms with Crippen molar-refractivity contribution in [2.24, 2.45) is 11.7 Å². The van der Waals surface area contributed by atoms with Crippen molar-refractivity contribution < 1.29 is 9.18 Å². The maximum Gasteiger partial charge on any atom is 0.227 e. The zero-order chi connectivity index (χ0) is 13.1. The molecule has 1 fully saturated rings. The number of amides is 1. The molecule has 1 aromatic carbocycles. The summed E-state index contributed by atoms with van der Waals surface area (Å²) in [6.07, 6.45) is 3.27. The van der Waals surface area contributed by atoms with E-state index in [0.717, 1.165) is 25.7 Å². The van der Waals surface area contributed by atoms with Gasteiger partial charge in [-0.25, -0.2) is 4.39 Å². The first-order chi connectivity index (χ1) is 8.58.